The van der Waals surface area contributed by atoms with Gasteiger partial charge in [-0.3, -0.25) is 9.80 Å². The van der Waals surface area contributed by atoms with Crippen molar-refractivity contribution >= 4 is 11.8 Å². The van der Waals surface area contributed by atoms with E-state index in [1.54, 1.807) is 4.90 Å². The first-order valence-electron chi connectivity index (χ1n) is 9.37. The fourth-order valence-electron chi connectivity index (χ4n) is 4.11. The van der Waals surface area contributed by atoms with E-state index in [2.05, 4.69) is 17.0 Å². The van der Waals surface area contributed by atoms with Gasteiger partial charge >= 0.3 is 6.09 Å². The van der Waals surface area contributed by atoms with Crippen LogP contribution in [-0.2, 0) is 11.3 Å². The third kappa shape index (κ3) is 3.10. The van der Waals surface area contributed by atoms with Gasteiger partial charge in [-0.15, -0.1) is 0 Å². The van der Waals surface area contributed by atoms with Crippen LogP contribution in [-0.4, -0.2) is 43.0 Å². The molecule has 140 valence electrons. The maximum absolute atomic E-state index is 12.4. The monoisotopic (exact) mass is 366 g/mol. The Balaban J connectivity index is 1.22. The number of anilines is 1. The molecule has 0 radical (unpaired) electrons. The van der Waals surface area contributed by atoms with Crippen LogP contribution in [0.4, 0.5) is 10.5 Å². The van der Waals surface area contributed by atoms with Gasteiger partial charge in [-0.1, -0.05) is 24.3 Å². The minimum absolute atomic E-state index is 0.231. The van der Waals surface area contributed by atoms with Crippen molar-refractivity contribution in [3.05, 3.63) is 54.1 Å². The molecule has 3 heterocycles. The summed E-state index contributed by atoms with van der Waals surface area (Å²) in [6.07, 6.45) is 1.48. The van der Waals surface area contributed by atoms with Gasteiger partial charge in [0.05, 0.1) is 6.54 Å². The minimum atomic E-state index is -0.363. The number of carbonyl (C=O) groups excluding carboxylic acids is 1. The molecule has 3 aliphatic rings. The van der Waals surface area contributed by atoms with Gasteiger partial charge in [0.2, 0.25) is 6.79 Å². The van der Waals surface area contributed by atoms with E-state index in [1.165, 1.54) is 5.56 Å². The van der Waals surface area contributed by atoms with Gasteiger partial charge in [0.15, 0.2) is 11.5 Å². The van der Waals surface area contributed by atoms with E-state index < -0.39 is 0 Å². The number of nitrogens with zero attached hydrogens (tertiary/aromatic N) is 2. The Bertz CT molecular complexity index is 847. The molecule has 2 aromatic carbocycles. The van der Waals surface area contributed by atoms with E-state index in [0.29, 0.717) is 13.3 Å². The average molecular weight is 366 g/mol. The summed E-state index contributed by atoms with van der Waals surface area (Å²) in [7, 11) is 0. The third-order valence-corrected chi connectivity index (χ3v) is 5.65. The number of likely N-dealkylation sites (tertiary alicyclic amines) is 1. The van der Waals surface area contributed by atoms with Crippen molar-refractivity contribution in [1.82, 2.24) is 4.90 Å². The second-order valence-electron chi connectivity index (χ2n) is 7.44. The molecule has 2 aromatic rings. The number of ether oxygens (including phenoxy) is 3. The molecule has 6 heteroatoms. The van der Waals surface area contributed by atoms with Gasteiger partial charge in [0, 0.05) is 38.2 Å². The van der Waals surface area contributed by atoms with E-state index in [-0.39, 0.29) is 11.7 Å². The standard InChI is InChI=1S/C21H22N2O4/c24-20-23(17-4-2-1-3-5-17)14-21(27-20)8-10-22(11-9-21)13-16-6-7-18-19(12-16)26-15-25-18/h1-7,12H,8-11,13-15H2. The van der Waals surface area contributed by atoms with Crippen molar-refractivity contribution in [2.75, 3.05) is 31.3 Å². The highest BCUT2D eigenvalue weighted by atomic mass is 16.7. The second kappa shape index (κ2) is 6.46. The van der Waals surface area contributed by atoms with Crippen LogP contribution in [0.1, 0.15) is 18.4 Å². The highest BCUT2D eigenvalue weighted by Crippen LogP contribution is 2.37. The van der Waals surface area contributed by atoms with Crippen LogP contribution >= 0.6 is 0 Å². The number of amides is 1. The van der Waals surface area contributed by atoms with Gasteiger partial charge in [-0.2, -0.15) is 0 Å². The third-order valence-electron chi connectivity index (χ3n) is 5.65. The van der Waals surface area contributed by atoms with Gasteiger partial charge in [0.25, 0.3) is 0 Å². The zero-order chi connectivity index (χ0) is 18.3. The molecular weight excluding hydrogens is 344 g/mol. The number of piperidine rings is 1. The highest BCUT2D eigenvalue weighted by molar-refractivity contribution is 5.90. The van der Waals surface area contributed by atoms with Gasteiger partial charge in [0.1, 0.15) is 5.60 Å². The van der Waals surface area contributed by atoms with Crippen LogP contribution in [0.15, 0.2) is 48.5 Å². The van der Waals surface area contributed by atoms with E-state index >= 15 is 0 Å². The summed E-state index contributed by atoms with van der Waals surface area (Å²) in [4.78, 5) is 16.6. The van der Waals surface area contributed by atoms with E-state index in [0.717, 1.165) is 49.7 Å². The van der Waals surface area contributed by atoms with Crippen LogP contribution in [0.5, 0.6) is 11.5 Å². The van der Waals surface area contributed by atoms with Crippen LogP contribution in [0.2, 0.25) is 0 Å². The fraction of sp³-hybridized carbons (Fsp3) is 0.381. The summed E-state index contributed by atoms with van der Waals surface area (Å²) in [6.45, 7) is 3.61. The smallest absolute Gasteiger partial charge is 0.415 e. The molecule has 0 atom stereocenters. The minimum Gasteiger partial charge on any atom is -0.454 e. The van der Waals surface area contributed by atoms with E-state index in [1.807, 2.05) is 36.4 Å². The summed E-state index contributed by atoms with van der Waals surface area (Å²) in [5.41, 5.74) is 1.75. The zero-order valence-corrected chi connectivity index (χ0v) is 15.1. The Kier molecular flexibility index (Phi) is 3.93. The summed E-state index contributed by atoms with van der Waals surface area (Å²) >= 11 is 0. The van der Waals surface area contributed by atoms with Gasteiger partial charge in [-0.05, 0) is 29.8 Å². The molecule has 5 rings (SSSR count). The van der Waals surface area contributed by atoms with Crippen molar-refractivity contribution in [1.29, 1.82) is 0 Å². The summed E-state index contributed by atoms with van der Waals surface area (Å²) in [5.74, 6) is 1.64. The molecule has 27 heavy (non-hydrogen) atoms. The summed E-state index contributed by atoms with van der Waals surface area (Å²) < 4.78 is 16.7. The largest absolute Gasteiger partial charge is 0.454 e. The number of rotatable bonds is 3. The molecule has 3 aliphatic heterocycles. The lowest BCUT2D eigenvalue weighted by atomic mass is 9.91. The lowest BCUT2D eigenvalue weighted by molar-refractivity contribution is -0.000983. The zero-order valence-electron chi connectivity index (χ0n) is 15.1. The predicted molar refractivity (Wildman–Crippen MR) is 100 cm³/mol. The number of benzene rings is 2. The number of fused-ring (bicyclic) bond motifs is 1. The fourth-order valence-corrected chi connectivity index (χ4v) is 4.11. The molecule has 0 unspecified atom stereocenters. The van der Waals surface area contributed by atoms with Crippen LogP contribution in [0.25, 0.3) is 0 Å². The summed E-state index contributed by atoms with van der Waals surface area (Å²) in [5, 5.41) is 0. The molecule has 1 amide bonds. The van der Waals surface area contributed by atoms with Crippen LogP contribution in [0, 0.1) is 0 Å². The molecule has 6 nitrogen and oxygen atoms in total. The Morgan fingerprint density at radius 3 is 2.56 bits per heavy atom. The number of hydrogen-bond donors (Lipinski definition) is 0. The number of carbonyl (C=O) groups is 1. The maximum Gasteiger partial charge on any atom is 0.415 e. The molecule has 0 N–H and O–H groups in total. The molecule has 2 saturated heterocycles. The Hall–Kier alpha value is -2.73. The second-order valence-corrected chi connectivity index (χ2v) is 7.44. The van der Waals surface area contributed by atoms with Crippen LogP contribution in [0.3, 0.4) is 0 Å². The average Bonchev–Trinajstić information content (AvgIpc) is 3.29. The van der Waals surface area contributed by atoms with E-state index in [4.69, 9.17) is 14.2 Å². The molecule has 0 aromatic heterocycles. The Labute approximate surface area is 158 Å². The molecule has 1 spiro atoms. The molecule has 0 bridgehead atoms. The van der Waals surface area contributed by atoms with Gasteiger partial charge in [-0.25, -0.2) is 4.79 Å². The lowest BCUT2D eigenvalue weighted by Crippen LogP contribution is -2.46. The number of hydrogen-bond acceptors (Lipinski definition) is 5. The van der Waals surface area contributed by atoms with Crippen molar-refractivity contribution in [3.8, 4) is 11.5 Å². The Morgan fingerprint density at radius 1 is 0.963 bits per heavy atom. The predicted octanol–water partition coefficient (Wildman–Crippen LogP) is 3.41. The SMILES string of the molecule is O=C1OC2(CCN(Cc3ccc4c(c3)OCO4)CC2)CN1c1ccccc1. The quantitative estimate of drug-likeness (QED) is 0.833. The van der Waals surface area contributed by atoms with E-state index in [9.17, 15) is 4.79 Å². The first-order chi connectivity index (χ1) is 13.2. The summed E-state index contributed by atoms with van der Waals surface area (Å²) in [6, 6.07) is 15.9. The topological polar surface area (TPSA) is 51.2 Å². The number of para-hydroxylation sites is 1. The molecular formula is C21H22N2O4. The highest BCUT2D eigenvalue weighted by Gasteiger charge is 2.47. The molecule has 0 saturated carbocycles. The van der Waals surface area contributed by atoms with Crippen molar-refractivity contribution < 1.29 is 19.0 Å². The van der Waals surface area contributed by atoms with Crippen molar-refractivity contribution in [2.45, 2.75) is 25.0 Å². The van der Waals surface area contributed by atoms with Crippen molar-refractivity contribution in [3.63, 3.8) is 0 Å². The molecule has 2 fully saturated rings. The first kappa shape index (κ1) is 16.4. The lowest BCUT2D eigenvalue weighted by Gasteiger charge is -2.37. The molecule has 0 aliphatic carbocycles. The Morgan fingerprint density at radius 2 is 1.74 bits per heavy atom. The first-order valence-corrected chi connectivity index (χ1v) is 9.37. The normalized spacial score (nSPS) is 20.9. The van der Waals surface area contributed by atoms with Crippen LogP contribution < -0.4 is 14.4 Å². The van der Waals surface area contributed by atoms with Crippen molar-refractivity contribution in [2.24, 2.45) is 0 Å². The van der Waals surface area contributed by atoms with Gasteiger partial charge < -0.3 is 14.2 Å². The maximum atomic E-state index is 12.4.